The summed E-state index contributed by atoms with van der Waals surface area (Å²) < 4.78 is 4.64. The van der Waals surface area contributed by atoms with Crippen LogP contribution in [0.3, 0.4) is 0 Å². The number of nitrogens with zero attached hydrogens (tertiary/aromatic N) is 1. The summed E-state index contributed by atoms with van der Waals surface area (Å²) in [6.45, 7) is 0.372. The molecule has 0 bridgehead atoms. The number of hydrogen-bond donors (Lipinski definition) is 2. The predicted octanol–water partition coefficient (Wildman–Crippen LogP) is 3.05. The summed E-state index contributed by atoms with van der Waals surface area (Å²) in [5.41, 5.74) is 2.70. The molecule has 0 aliphatic heterocycles. The molecular weight excluding hydrogens is 370 g/mol. The maximum atomic E-state index is 12.4. The lowest BCUT2D eigenvalue weighted by molar-refractivity contribution is 0.0600. The number of amides is 2. The fraction of sp³-hybridized carbons (Fsp3) is 0.0909. The number of methoxy groups -OCH3 is 1. The van der Waals surface area contributed by atoms with E-state index in [0.29, 0.717) is 28.9 Å². The van der Waals surface area contributed by atoms with Crippen molar-refractivity contribution in [2.45, 2.75) is 6.54 Å². The first-order valence-corrected chi connectivity index (χ1v) is 8.84. The number of nitrogens with one attached hydrogen (secondary N) is 2. The SMILES string of the molecule is COC(=O)c1ccc(NC(=O)c2ccc(C(=O)NCc3cccnc3)cc2)cc1. The summed E-state index contributed by atoms with van der Waals surface area (Å²) in [5.74, 6) is -1.00. The van der Waals surface area contributed by atoms with Crippen LogP contribution in [0.1, 0.15) is 36.6 Å². The molecule has 3 aromatic rings. The van der Waals surface area contributed by atoms with Gasteiger partial charge in [-0.25, -0.2) is 4.79 Å². The summed E-state index contributed by atoms with van der Waals surface area (Å²) in [7, 11) is 1.31. The number of hydrogen-bond acceptors (Lipinski definition) is 5. The van der Waals surface area contributed by atoms with Gasteiger partial charge in [0.15, 0.2) is 0 Å². The second-order valence-corrected chi connectivity index (χ2v) is 6.14. The van der Waals surface area contributed by atoms with Crippen LogP contribution in [0.4, 0.5) is 5.69 Å². The van der Waals surface area contributed by atoms with Gasteiger partial charge < -0.3 is 15.4 Å². The lowest BCUT2D eigenvalue weighted by atomic mass is 10.1. The van der Waals surface area contributed by atoms with E-state index in [4.69, 9.17) is 0 Å². The molecule has 0 saturated carbocycles. The lowest BCUT2D eigenvalue weighted by Gasteiger charge is -2.08. The molecule has 0 atom stereocenters. The third-order valence-electron chi connectivity index (χ3n) is 4.15. The number of benzene rings is 2. The van der Waals surface area contributed by atoms with Gasteiger partial charge in [0.25, 0.3) is 11.8 Å². The maximum absolute atomic E-state index is 12.4. The zero-order valence-corrected chi connectivity index (χ0v) is 15.7. The van der Waals surface area contributed by atoms with E-state index in [1.807, 2.05) is 6.07 Å². The average Bonchev–Trinajstić information content (AvgIpc) is 2.78. The molecule has 146 valence electrons. The van der Waals surface area contributed by atoms with Crippen LogP contribution in [-0.4, -0.2) is 29.9 Å². The van der Waals surface area contributed by atoms with E-state index in [-0.39, 0.29) is 11.8 Å². The van der Waals surface area contributed by atoms with Crippen LogP contribution in [0.5, 0.6) is 0 Å². The molecule has 2 amide bonds. The number of ether oxygens (including phenoxy) is 1. The molecule has 0 aliphatic rings. The maximum Gasteiger partial charge on any atom is 0.337 e. The van der Waals surface area contributed by atoms with Gasteiger partial charge in [0, 0.05) is 35.8 Å². The number of carbonyl (C=O) groups excluding carboxylic acids is 3. The van der Waals surface area contributed by atoms with E-state index in [9.17, 15) is 14.4 Å². The predicted molar refractivity (Wildman–Crippen MR) is 108 cm³/mol. The van der Waals surface area contributed by atoms with Crippen molar-refractivity contribution in [3.8, 4) is 0 Å². The summed E-state index contributed by atoms with van der Waals surface area (Å²) >= 11 is 0. The first-order valence-electron chi connectivity index (χ1n) is 8.84. The van der Waals surface area contributed by atoms with Crippen LogP contribution in [0.25, 0.3) is 0 Å². The second kappa shape index (κ2) is 9.27. The van der Waals surface area contributed by atoms with Crippen molar-refractivity contribution in [2.75, 3.05) is 12.4 Å². The second-order valence-electron chi connectivity index (χ2n) is 6.14. The number of anilines is 1. The molecule has 0 radical (unpaired) electrons. The highest BCUT2D eigenvalue weighted by Crippen LogP contribution is 2.13. The van der Waals surface area contributed by atoms with Crippen molar-refractivity contribution < 1.29 is 19.1 Å². The average molecular weight is 389 g/mol. The van der Waals surface area contributed by atoms with E-state index in [0.717, 1.165) is 5.56 Å². The van der Waals surface area contributed by atoms with Gasteiger partial charge in [0.05, 0.1) is 12.7 Å². The highest BCUT2D eigenvalue weighted by Gasteiger charge is 2.10. The van der Waals surface area contributed by atoms with Gasteiger partial charge in [-0.2, -0.15) is 0 Å². The first kappa shape index (κ1) is 19.8. The molecule has 0 unspecified atom stereocenters. The van der Waals surface area contributed by atoms with E-state index in [1.165, 1.54) is 7.11 Å². The number of rotatable bonds is 6. The summed E-state index contributed by atoms with van der Waals surface area (Å²) in [6, 6.07) is 16.4. The molecule has 1 aromatic heterocycles. The number of aromatic nitrogens is 1. The van der Waals surface area contributed by atoms with Crippen molar-refractivity contribution in [1.82, 2.24) is 10.3 Å². The standard InChI is InChI=1S/C22H19N3O4/c1-29-22(28)18-8-10-19(11-9-18)25-21(27)17-6-4-16(5-7-17)20(26)24-14-15-3-2-12-23-13-15/h2-13H,14H2,1H3,(H,24,26)(H,25,27). The van der Waals surface area contributed by atoms with Crippen LogP contribution in [0, 0.1) is 0 Å². The van der Waals surface area contributed by atoms with Crippen molar-refractivity contribution >= 4 is 23.5 Å². The molecule has 1 heterocycles. The van der Waals surface area contributed by atoms with Crippen molar-refractivity contribution in [2.24, 2.45) is 0 Å². The van der Waals surface area contributed by atoms with Gasteiger partial charge >= 0.3 is 5.97 Å². The Morgan fingerprint density at radius 3 is 2.07 bits per heavy atom. The van der Waals surface area contributed by atoms with Gasteiger partial charge in [-0.3, -0.25) is 14.6 Å². The van der Waals surface area contributed by atoms with Crippen molar-refractivity contribution in [1.29, 1.82) is 0 Å². The van der Waals surface area contributed by atoms with Gasteiger partial charge in [-0.05, 0) is 60.2 Å². The largest absolute Gasteiger partial charge is 0.465 e. The zero-order valence-electron chi connectivity index (χ0n) is 15.7. The molecule has 0 aliphatic carbocycles. The molecule has 7 heteroatoms. The zero-order chi connectivity index (χ0) is 20.6. The minimum absolute atomic E-state index is 0.237. The molecule has 7 nitrogen and oxygen atoms in total. The van der Waals surface area contributed by atoms with E-state index in [2.05, 4.69) is 20.4 Å². The fourth-order valence-electron chi connectivity index (χ4n) is 2.57. The van der Waals surface area contributed by atoms with Gasteiger partial charge in [-0.15, -0.1) is 0 Å². The Hall–Kier alpha value is -4.00. The molecule has 0 spiro atoms. The van der Waals surface area contributed by atoms with Gasteiger partial charge in [0.2, 0.25) is 0 Å². The normalized spacial score (nSPS) is 10.1. The summed E-state index contributed by atoms with van der Waals surface area (Å²) in [4.78, 5) is 40.0. The van der Waals surface area contributed by atoms with Crippen molar-refractivity contribution in [3.63, 3.8) is 0 Å². The topological polar surface area (TPSA) is 97.4 Å². The van der Waals surface area contributed by atoms with E-state index in [1.54, 1.807) is 67.0 Å². The van der Waals surface area contributed by atoms with Crippen LogP contribution >= 0.6 is 0 Å². The third kappa shape index (κ3) is 5.26. The van der Waals surface area contributed by atoms with Gasteiger partial charge in [0.1, 0.15) is 0 Å². The number of carbonyl (C=O) groups is 3. The van der Waals surface area contributed by atoms with Crippen LogP contribution in [0.2, 0.25) is 0 Å². The Bertz CT molecular complexity index is 1000. The Labute approximate surface area is 167 Å². The summed E-state index contributed by atoms with van der Waals surface area (Å²) in [6.07, 6.45) is 3.36. The lowest BCUT2D eigenvalue weighted by Crippen LogP contribution is -2.23. The Balaban J connectivity index is 1.58. The quantitative estimate of drug-likeness (QED) is 0.632. The highest BCUT2D eigenvalue weighted by atomic mass is 16.5. The van der Waals surface area contributed by atoms with Crippen LogP contribution < -0.4 is 10.6 Å². The minimum atomic E-state index is -0.444. The van der Waals surface area contributed by atoms with Crippen LogP contribution in [0.15, 0.2) is 73.1 Å². The Morgan fingerprint density at radius 2 is 1.48 bits per heavy atom. The minimum Gasteiger partial charge on any atom is -0.465 e. The number of esters is 1. The Kier molecular flexibility index (Phi) is 6.32. The smallest absolute Gasteiger partial charge is 0.337 e. The highest BCUT2D eigenvalue weighted by molar-refractivity contribution is 6.05. The van der Waals surface area contributed by atoms with Crippen LogP contribution in [-0.2, 0) is 11.3 Å². The molecule has 2 aromatic carbocycles. The van der Waals surface area contributed by atoms with Crippen molar-refractivity contribution in [3.05, 3.63) is 95.3 Å². The molecule has 2 N–H and O–H groups in total. The summed E-state index contributed by atoms with van der Waals surface area (Å²) in [5, 5.41) is 5.54. The van der Waals surface area contributed by atoms with E-state index >= 15 is 0 Å². The molecular formula is C22H19N3O4. The third-order valence-corrected chi connectivity index (χ3v) is 4.15. The number of pyridine rings is 1. The Morgan fingerprint density at radius 1 is 0.862 bits per heavy atom. The molecule has 0 saturated heterocycles. The first-order chi connectivity index (χ1) is 14.1. The molecule has 3 rings (SSSR count). The fourth-order valence-corrected chi connectivity index (χ4v) is 2.57. The van der Waals surface area contributed by atoms with E-state index < -0.39 is 5.97 Å². The van der Waals surface area contributed by atoms with Gasteiger partial charge in [-0.1, -0.05) is 6.07 Å². The molecule has 0 fully saturated rings. The molecule has 29 heavy (non-hydrogen) atoms. The monoisotopic (exact) mass is 389 g/mol.